The van der Waals surface area contributed by atoms with E-state index in [4.69, 9.17) is 0 Å². The van der Waals surface area contributed by atoms with Crippen molar-refractivity contribution >= 4 is 38.8 Å². The lowest BCUT2D eigenvalue weighted by molar-refractivity contribution is -0.126. The lowest BCUT2D eigenvalue weighted by atomic mass is 9.96. The number of likely N-dealkylation sites (tertiary alicyclic amines) is 1. The summed E-state index contributed by atoms with van der Waals surface area (Å²) in [4.78, 5) is 14.9. The minimum atomic E-state index is -0.0609. The van der Waals surface area contributed by atoms with Crippen LogP contribution in [0.4, 0.5) is 0 Å². The van der Waals surface area contributed by atoms with Gasteiger partial charge in [-0.25, -0.2) is 5.43 Å². The molecule has 0 spiro atoms. The van der Waals surface area contributed by atoms with E-state index in [1.54, 1.807) is 6.07 Å². The highest BCUT2D eigenvalue weighted by molar-refractivity contribution is 9.10. The number of halogens is 1. The molecule has 2 N–H and O–H groups in total. The van der Waals surface area contributed by atoms with Crippen molar-refractivity contribution in [3.63, 3.8) is 0 Å². The van der Waals surface area contributed by atoms with Gasteiger partial charge in [-0.1, -0.05) is 58.4 Å². The van der Waals surface area contributed by atoms with E-state index in [0.717, 1.165) is 47.7 Å². The van der Waals surface area contributed by atoms with Gasteiger partial charge in [0.25, 0.3) is 0 Å². The van der Waals surface area contributed by atoms with Crippen molar-refractivity contribution in [2.45, 2.75) is 19.4 Å². The molecule has 0 saturated carbocycles. The van der Waals surface area contributed by atoms with Crippen LogP contribution in [0.5, 0.6) is 5.75 Å². The van der Waals surface area contributed by atoms with Crippen LogP contribution >= 0.6 is 15.9 Å². The molecule has 30 heavy (non-hydrogen) atoms. The third-order valence-electron chi connectivity index (χ3n) is 5.59. The molecule has 1 saturated heterocycles. The SMILES string of the molecule is O=C(N/N=C\c1c(O)ccc2ccccc12)C1CCN(Cc2ccc(Br)cc2)CC1. The van der Waals surface area contributed by atoms with Crippen molar-refractivity contribution < 1.29 is 9.90 Å². The number of aromatic hydroxyl groups is 1. The molecule has 1 fully saturated rings. The van der Waals surface area contributed by atoms with E-state index in [1.807, 2.05) is 30.3 Å². The molecule has 3 aromatic carbocycles. The first-order valence-corrected chi connectivity index (χ1v) is 10.9. The van der Waals surface area contributed by atoms with Crippen LogP contribution in [0.2, 0.25) is 0 Å². The van der Waals surface area contributed by atoms with Crippen molar-refractivity contribution in [3.05, 3.63) is 76.3 Å². The first-order chi connectivity index (χ1) is 14.6. The largest absolute Gasteiger partial charge is 0.507 e. The topological polar surface area (TPSA) is 64.9 Å². The number of piperidine rings is 1. The third-order valence-corrected chi connectivity index (χ3v) is 6.12. The summed E-state index contributed by atoms with van der Waals surface area (Å²) in [5.74, 6) is 0.0478. The Bertz CT molecular complexity index is 1060. The molecule has 0 aromatic heterocycles. The second-order valence-corrected chi connectivity index (χ2v) is 8.55. The van der Waals surface area contributed by atoms with Crippen LogP contribution in [-0.2, 0) is 11.3 Å². The molecule has 154 valence electrons. The van der Waals surface area contributed by atoms with E-state index in [0.29, 0.717) is 5.56 Å². The summed E-state index contributed by atoms with van der Waals surface area (Å²) in [5, 5.41) is 16.2. The minimum Gasteiger partial charge on any atom is -0.507 e. The number of carbonyl (C=O) groups is 1. The summed E-state index contributed by atoms with van der Waals surface area (Å²) in [6.07, 6.45) is 3.16. The first-order valence-electron chi connectivity index (χ1n) is 10.1. The molecule has 1 aliphatic heterocycles. The normalized spacial score (nSPS) is 15.6. The highest BCUT2D eigenvalue weighted by Gasteiger charge is 2.24. The molecule has 0 radical (unpaired) electrons. The molecule has 0 atom stereocenters. The van der Waals surface area contributed by atoms with Crippen LogP contribution < -0.4 is 5.43 Å². The Labute approximate surface area is 184 Å². The number of rotatable bonds is 5. The fourth-order valence-corrected chi connectivity index (χ4v) is 4.14. The average Bonchev–Trinajstić information content (AvgIpc) is 2.77. The second kappa shape index (κ2) is 9.41. The van der Waals surface area contributed by atoms with Gasteiger partial charge >= 0.3 is 0 Å². The Kier molecular flexibility index (Phi) is 6.45. The first kappa shape index (κ1) is 20.6. The number of fused-ring (bicyclic) bond motifs is 1. The summed E-state index contributed by atoms with van der Waals surface area (Å²) in [6.45, 7) is 2.68. The Morgan fingerprint density at radius 1 is 1.10 bits per heavy atom. The number of carbonyl (C=O) groups excluding carboxylic acids is 1. The number of benzene rings is 3. The van der Waals surface area contributed by atoms with Gasteiger partial charge in [0.1, 0.15) is 5.75 Å². The zero-order valence-corrected chi connectivity index (χ0v) is 18.2. The molecule has 4 rings (SSSR count). The summed E-state index contributed by atoms with van der Waals surface area (Å²) < 4.78 is 1.08. The number of hydrogen-bond donors (Lipinski definition) is 2. The van der Waals surface area contributed by atoms with Gasteiger partial charge in [0.05, 0.1) is 6.21 Å². The van der Waals surface area contributed by atoms with Crippen LogP contribution in [0.15, 0.2) is 70.2 Å². The molecule has 1 aliphatic rings. The molecule has 3 aromatic rings. The second-order valence-electron chi connectivity index (χ2n) is 7.63. The Morgan fingerprint density at radius 3 is 2.60 bits per heavy atom. The van der Waals surface area contributed by atoms with Crippen molar-refractivity contribution in [3.8, 4) is 5.75 Å². The molecule has 1 amide bonds. The van der Waals surface area contributed by atoms with E-state index in [-0.39, 0.29) is 17.6 Å². The van der Waals surface area contributed by atoms with Crippen molar-refractivity contribution in [1.29, 1.82) is 0 Å². The number of amides is 1. The van der Waals surface area contributed by atoms with Gasteiger partial charge in [-0.2, -0.15) is 5.10 Å². The summed E-state index contributed by atoms with van der Waals surface area (Å²) in [7, 11) is 0. The third kappa shape index (κ3) is 4.89. The van der Waals surface area contributed by atoms with Crippen molar-refractivity contribution in [1.82, 2.24) is 10.3 Å². The highest BCUT2D eigenvalue weighted by Crippen LogP contribution is 2.25. The fraction of sp³-hybridized carbons (Fsp3) is 0.250. The molecule has 0 aliphatic carbocycles. The Balaban J connectivity index is 1.31. The van der Waals surface area contributed by atoms with Gasteiger partial charge < -0.3 is 5.11 Å². The van der Waals surface area contributed by atoms with Gasteiger partial charge in [0.2, 0.25) is 5.91 Å². The standard InChI is InChI=1S/C24H24BrN3O2/c25-20-8-5-17(6-9-20)16-28-13-11-19(12-14-28)24(30)27-26-15-22-21-4-2-1-3-18(21)7-10-23(22)29/h1-10,15,19,29H,11-14,16H2,(H,27,30)/b26-15-. The quantitative estimate of drug-likeness (QED) is 0.424. The van der Waals surface area contributed by atoms with Gasteiger partial charge in [-0.05, 0) is 60.5 Å². The number of nitrogens with zero attached hydrogens (tertiary/aromatic N) is 2. The molecule has 0 unspecified atom stereocenters. The molecular weight excluding hydrogens is 442 g/mol. The molecule has 0 bridgehead atoms. The van der Waals surface area contributed by atoms with Crippen molar-refractivity contribution in [2.24, 2.45) is 11.0 Å². The summed E-state index contributed by atoms with van der Waals surface area (Å²) in [6, 6.07) is 19.6. The maximum absolute atomic E-state index is 12.5. The van der Waals surface area contributed by atoms with Crippen LogP contribution in [0.3, 0.4) is 0 Å². The zero-order chi connectivity index (χ0) is 20.9. The van der Waals surface area contributed by atoms with Crippen LogP contribution in [0.1, 0.15) is 24.0 Å². The maximum Gasteiger partial charge on any atom is 0.243 e. The van der Waals surface area contributed by atoms with Gasteiger partial charge in [-0.15, -0.1) is 0 Å². The number of phenolic OH excluding ortho intramolecular Hbond substituents is 1. The smallest absolute Gasteiger partial charge is 0.243 e. The van der Waals surface area contributed by atoms with Crippen molar-refractivity contribution in [2.75, 3.05) is 13.1 Å². The zero-order valence-electron chi connectivity index (χ0n) is 16.6. The predicted molar refractivity (Wildman–Crippen MR) is 123 cm³/mol. The number of phenols is 1. The monoisotopic (exact) mass is 465 g/mol. The minimum absolute atomic E-state index is 0.0376. The van der Waals surface area contributed by atoms with Gasteiger partial charge in [-0.3, -0.25) is 9.69 Å². The Morgan fingerprint density at radius 2 is 1.83 bits per heavy atom. The highest BCUT2D eigenvalue weighted by atomic mass is 79.9. The average molecular weight is 466 g/mol. The van der Waals surface area contributed by atoms with E-state index >= 15 is 0 Å². The van der Waals surface area contributed by atoms with Gasteiger partial charge in [0.15, 0.2) is 0 Å². The number of hydrazone groups is 1. The van der Waals surface area contributed by atoms with E-state index in [1.165, 1.54) is 11.8 Å². The fourth-order valence-electron chi connectivity index (χ4n) is 3.87. The summed E-state index contributed by atoms with van der Waals surface area (Å²) >= 11 is 3.46. The molecular formula is C24H24BrN3O2. The summed E-state index contributed by atoms with van der Waals surface area (Å²) in [5.41, 5.74) is 4.55. The molecule has 5 nitrogen and oxygen atoms in total. The lowest BCUT2D eigenvalue weighted by Crippen LogP contribution is -2.39. The van der Waals surface area contributed by atoms with Crippen LogP contribution in [0, 0.1) is 5.92 Å². The van der Waals surface area contributed by atoms with Crippen LogP contribution in [0.25, 0.3) is 10.8 Å². The lowest BCUT2D eigenvalue weighted by Gasteiger charge is -2.30. The van der Waals surface area contributed by atoms with E-state index in [9.17, 15) is 9.90 Å². The number of hydrogen-bond acceptors (Lipinski definition) is 4. The predicted octanol–water partition coefficient (Wildman–Crippen LogP) is 4.67. The molecule has 6 heteroatoms. The van der Waals surface area contributed by atoms with E-state index in [2.05, 4.69) is 55.6 Å². The Hall–Kier alpha value is -2.70. The van der Waals surface area contributed by atoms with Gasteiger partial charge in [0, 0.05) is 22.5 Å². The van der Waals surface area contributed by atoms with Crippen LogP contribution in [-0.4, -0.2) is 35.2 Å². The maximum atomic E-state index is 12.5. The molecule has 1 heterocycles. The van der Waals surface area contributed by atoms with E-state index < -0.39 is 0 Å². The number of nitrogens with one attached hydrogen (secondary N) is 1.